The predicted molar refractivity (Wildman–Crippen MR) is 77.5 cm³/mol. The molecule has 2 heterocycles. The summed E-state index contributed by atoms with van der Waals surface area (Å²) in [7, 11) is 1.89. The molecule has 5 nitrogen and oxygen atoms in total. The smallest absolute Gasteiger partial charge is 0.132 e. The highest BCUT2D eigenvalue weighted by molar-refractivity contribution is 6.37. The van der Waals surface area contributed by atoms with Crippen LogP contribution in [0.1, 0.15) is 12.8 Å². The molecule has 0 atom stereocenters. The Labute approximate surface area is 121 Å². The fourth-order valence-electron chi connectivity index (χ4n) is 2.47. The lowest BCUT2D eigenvalue weighted by molar-refractivity contribution is 0.559. The van der Waals surface area contributed by atoms with Gasteiger partial charge in [-0.3, -0.25) is 4.68 Å². The zero-order valence-corrected chi connectivity index (χ0v) is 11.9. The van der Waals surface area contributed by atoms with E-state index in [0.717, 1.165) is 34.6 Å². The summed E-state index contributed by atoms with van der Waals surface area (Å²) in [5.74, 6) is 0.761. The molecule has 20 heavy (non-hydrogen) atoms. The number of rotatable bonds is 3. The fraction of sp³-hybridized carbons (Fsp3) is 0.357. The van der Waals surface area contributed by atoms with E-state index in [2.05, 4.69) is 15.4 Å². The van der Waals surface area contributed by atoms with Gasteiger partial charge in [0.25, 0.3) is 0 Å². The van der Waals surface area contributed by atoms with E-state index >= 15 is 0 Å². The second-order valence-electron chi connectivity index (χ2n) is 5.41. The van der Waals surface area contributed by atoms with Gasteiger partial charge in [-0.15, -0.1) is 5.10 Å². The normalized spacial score (nSPS) is 15.1. The fourth-order valence-corrected chi connectivity index (χ4v) is 2.77. The first-order chi connectivity index (χ1) is 9.72. The number of hydrogen-bond acceptors (Lipinski definition) is 3. The summed E-state index contributed by atoms with van der Waals surface area (Å²) in [6.45, 7) is 0.944. The highest BCUT2D eigenvalue weighted by Crippen LogP contribution is 2.35. The van der Waals surface area contributed by atoms with Crippen LogP contribution in [0, 0.1) is 5.92 Å². The van der Waals surface area contributed by atoms with Crippen LogP contribution in [0.15, 0.2) is 24.5 Å². The Balaban J connectivity index is 1.82. The largest absolute Gasteiger partial charge is 0.275 e. The summed E-state index contributed by atoms with van der Waals surface area (Å²) in [6, 6.07) is 4.07. The number of halogens is 1. The maximum Gasteiger partial charge on any atom is 0.132 e. The molecule has 0 amide bonds. The van der Waals surface area contributed by atoms with Gasteiger partial charge in [-0.05, 0) is 24.8 Å². The molecule has 1 saturated carbocycles. The van der Waals surface area contributed by atoms with Crippen LogP contribution in [0.2, 0.25) is 5.02 Å². The number of fused-ring (bicyclic) bond motifs is 1. The predicted octanol–water partition coefficient (Wildman–Crippen LogP) is 2.90. The molecule has 2 aromatic heterocycles. The maximum atomic E-state index is 6.50. The van der Waals surface area contributed by atoms with Crippen molar-refractivity contribution < 1.29 is 0 Å². The molecule has 0 saturated heterocycles. The van der Waals surface area contributed by atoms with Gasteiger partial charge in [0.1, 0.15) is 5.52 Å². The third-order valence-electron chi connectivity index (χ3n) is 3.77. The van der Waals surface area contributed by atoms with Gasteiger partial charge in [0, 0.05) is 30.9 Å². The monoisotopic (exact) mass is 287 g/mol. The van der Waals surface area contributed by atoms with E-state index in [-0.39, 0.29) is 0 Å². The van der Waals surface area contributed by atoms with Gasteiger partial charge in [-0.25, -0.2) is 4.68 Å². The van der Waals surface area contributed by atoms with Crippen molar-refractivity contribution in [2.45, 2.75) is 19.4 Å². The lowest BCUT2D eigenvalue weighted by atomic mass is 10.1. The van der Waals surface area contributed by atoms with Gasteiger partial charge in [0.15, 0.2) is 0 Å². The second-order valence-corrected chi connectivity index (χ2v) is 5.79. The van der Waals surface area contributed by atoms with Crippen LogP contribution >= 0.6 is 11.6 Å². The molecule has 102 valence electrons. The Morgan fingerprint density at radius 3 is 2.90 bits per heavy atom. The molecule has 0 spiro atoms. The van der Waals surface area contributed by atoms with Gasteiger partial charge in [0.2, 0.25) is 0 Å². The lowest BCUT2D eigenvalue weighted by Gasteiger charge is -2.03. The summed E-state index contributed by atoms with van der Waals surface area (Å²) < 4.78 is 3.73. The van der Waals surface area contributed by atoms with Crippen LogP contribution < -0.4 is 0 Å². The van der Waals surface area contributed by atoms with E-state index in [0.29, 0.717) is 5.02 Å². The zero-order valence-electron chi connectivity index (χ0n) is 11.1. The number of nitrogens with zero attached hydrogens (tertiary/aromatic N) is 5. The first-order valence-corrected chi connectivity index (χ1v) is 7.11. The van der Waals surface area contributed by atoms with E-state index in [1.807, 2.05) is 36.3 Å². The molecule has 0 unspecified atom stereocenters. The first-order valence-electron chi connectivity index (χ1n) is 6.73. The highest BCUT2D eigenvalue weighted by atomic mass is 35.5. The van der Waals surface area contributed by atoms with Crippen molar-refractivity contribution in [3.8, 4) is 11.1 Å². The number of aromatic nitrogens is 5. The summed E-state index contributed by atoms with van der Waals surface area (Å²) in [5, 5.41) is 13.3. The minimum atomic E-state index is 0.651. The zero-order chi connectivity index (χ0) is 13.7. The maximum absolute atomic E-state index is 6.50. The quantitative estimate of drug-likeness (QED) is 0.744. The van der Waals surface area contributed by atoms with Crippen LogP contribution in [-0.4, -0.2) is 24.8 Å². The summed E-state index contributed by atoms with van der Waals surface area (Å²) in [4.78, 5) is 0. The Bertz CT molecular complexity index is 784. The van der Waals surface area contributed by atoms with E-state index < -0.39 is 0 Å². The van der Waals surface area contributed by atoms with E-state index in [9.17, 15) is 0 Å². The van der Waals surface area contributed by atoms with Crippen LogP contribution in [0.25, 0.3) is 22.2 Å². The van der Waals surface area contributed by atoms with Crippen molar-refractivity contribution in [3.05, 3.63) is 29.5 Å². The Hall–Kier alpha value is -1.88. The minimum absolute atomic E-state index is 0.651. The summed E-state index contributed by atoms with van der Waals surface area (Å²) in [6.07, 6.45) is 6.34. The standard InChI is InChI=1S/C14H14ClN5/c1-19-8-10(6-16-19)11-4-5-12-14(13(11)15)17-18-20(12)7-9-2-3-9/h4-6,8-9H,2-3,7H2,1H3. The average molecular weight is 288 g/mol. The first kappa shape index (κ1) is 11.9. The van der Waals surface area contributed by atoms with Gasteiger partial charge in [-0.1, -0.05) is 22.9 Å². The number of aryl methyl sites for hydroxylation is 1. The minimum Gasteiger partial charge on any atom is -0.275 e. The molecular formula is C14H14ClN5. The van der Waals surface area contributed by atoms with Crippen molar-refractivity contribution in [3.63, 3.8) is 0 Å². The van der Waals surface area contributed by atoms with Crippen LogP contribution in [0.3, 0.4) is 0 Å². The summed E-state index contributed by atoms with van der Waals surface area (Å²) in [5.41, 5.74) is 3.73. The Kier molecular flexibility index (Phi) is 2.57. The molecule has 0 bridgehead atoms. The highest BCUT2D eigenvalue weighted by Gasteiger charge is 2.23. The van der Waals surface area contributed by atoms with Crippen molar-refractivity contribution in [2.75, 3.05) is 0 Å². The Morgan fingerprint density at radius 1 is 1.35 bits per heavy atom. The molecule has 6 heteroatoms. The molecule has 1 aromatic carbocycles. The van der Waals surface area contributed by atoms with Gasteiger partial charge < -0.3 is 0 Å². The third-order valence-corrected chi connectivity index (χ3v) is 4.15. The van der Waals surface area contributed by atoms with Gasteiger partial charge >= 0.3 is 0 Å². The van der Waals surface area contributed by atoms with Crippen molar-refractivity contribution >= 4 is 22.6 Å². The topological polar surface area (TPSA) is 48.5 Å². The van der Waals surface area contributed by atoms with Gasteiger partial charge in [0.05, 0.1) is 16.7 Å². The van der Waals surface area contributed by atoms with E-state index in [1.54, 1.807) is 4.68 Å². The number of benzene rings is 1. The molecule has 0 aliphatic heterocycles. The van der Waals surface area contributed by atoms with Gasteiger partial charge in [-0.2, -0.15) is 5.10 Å². The van der Waals surface area contributed by atoms with E-state index in [4.69, 9.17) is 11.6 Å². The van der Waals surface area contributed by atoms with Crippen LogP contribution in [0.4, 0.5) is 0 Å². The third kappa shape index (κ3) is 1.89. The molecule has 0 radical (unpaired) electrons. The molecule has 0 N–H and O–H groups in total. The molecular weight excluding hydrogens is 274 g/mol. The van der Waals surface area contributed by atoms with E-state index in [1.165, 1.54) is 12.8 Å². The molecule has 3 aromatic rings. The average Bonchev–Trinajstić information content (AvgIpc) is 2.99. The molecule has 1 aliphatic carbocycles. The Morgan fingerprint density at radius 2 is 2.20 bits per heavy atom. The molecule has 1 aliphatic rings. The lowest BCUT2D eigenvalue weighted by Crippen LogP contribution is -2.01. The SMILES string of the molecule is Cn1cc(-c2ccc3c(nnn3CC3CC3)c2Cl)cn1. The molecule has 4 rings (SSSR count). The van der Waals surface area contributed by atoms with Crippen LogP contribution in [-0.2, 0) is 13.6 Å². The summed E-state index contributed by atoms with van der Waals surface area (Å²) >= 11 is 6.50. The van der Waals surface area contributed by atoms with Crippen molar-refractivity contribution in [2.24, 2.45) is 13.0 Å². The van der Waals surface area contributed by atoms with Crippen molar-refractivity contribution in [1.29, 1.82) is 0 Å². The second kappa shape index (κ2) is 4.31. The van der Waals surface area contributed by atoms with Crippen LogP contribution in [0.5, 0.6) is 0 Å². The van der Waals surface area contributed by atoms with Crippen molar-refractivity contribution in [1.82, 2.24) is 24.8 Å². The number of hydrogen-bond donors (Lipinski definition) is 0. The molecule has 1 fully saturated rings.